The van der Waals surface area contributed by atoms with Crippen LogP contribution in [0, 0.1) is 11.3 Å². The van der Waals surface area contributed by atoms with E-state index < -0.39 is 5.91 Å². The molecule has 1 aromatic rings. The van der Waals surface area contributed by atoms with Gasteiger partial charge in [0.2, 0.25) is 11.9 Å². The summed E-state index contributed by atoms with van der Waals surface area (Å²) in [6, 6.07) is 1.99. The molecular formula is C8H9N5OS2. The maximum absolute atomic E-state index is 10.7. The first-order valence-corrected chi connectivity index (χ1v) is 6.32. The molecule has 0 saturated heterocycles. The number of nitrogen functional groups attached to an aromatic ring is 1. The Balaban J connectivity index is 3.11. The minimum absolute atomic E-state index is 0.0545. The van der Waals surface area contributed by atoms with Gasteiger partial charge in [-0.3, -0.25) is 4.79 Å². The minimum atomic E-state index is -0.475. The van der Waals surface area contributed by atoms with Gasteiger partial charge in [0.25, 0.3) is 0 Å². The van der Waals surface area contributed by atoms with Crippen molar-refractivity contribution in [1.82, 2.24) is 9.97 Å². The molecule has 8 heteroatoms. The summed E-state index contributed by atoms with van der Waals surface area (Å²) in [5.74, 6) is -0.342. The molecule has 4 N–H and O–H groups in total. The number of nitriles is 1. The van der Waals surface area contributed by atoms with Crippen LogP contribution < -0.4 is 11.5 Å². The Morgan fingerprint density at radius 3 is 2.62 bits per heavy atom. The van der Waals surface area contributed by atoms with Crippen molar-refractivity contribution in [2.45, 2.75) is 10.1 Å². The van der Waals surface area contributed by atoms with Crippen molar-refractivity contribution >= 4 is 35.4 Å². The summed E-state index contributed by atoms with van der Waals surface area (Å²) in [6.45, 7) is 0. The number of nitrogens with zero attached hydrogens (tertiary/aromatic N) is 3. The highest BCUT2D eigenvalue weighted by Gasteiger charge is 2.13. The van der Waals surface area contributed by atoms with Gasteiger partial charge in [0.1, 0.15) is 21.7 Å². The molecule has 1 amide bonds. The van der Waals surface area contributed by atoms with Crippen molar-refractivity contribution in [3.05, 3.63) is 5.56 Å². The molecule has 6 nitrogen and oxygen atoms in total. The third kappa shape index (κ3) is 3.01. The Morgan fingerprint density at radius 1 is 1.50 bits per heavy atom. The van der Waals surface area contributed by atoms with Crippen LogP contribution in [0.5, 0.6) is 0 Å². The second kappa shape index (κ2) is 5.58. The first-order chi connectivity index (χ1) is 7.58. The van der Waals surface area contributed by atoms with Crippen molar-refractivity contribution in [3.63, 3.8) is 0 Å². The van der Waals surface area contributed by atoms with E-state index in [9.17, 15) is 4.79 Å². The van der Waals surface area contributed by atoms with E-state index in [-0.39, 0.29) is 11.7 Å². The van der Waals surface area contributed by atoms with E-state index in [4.69, 9.17) is 16.7 Å². The van der Waals surface area contributed by atoms with Gasteiger partial charge in [-0.15, -0.1) is 11.8 Å². The first kappa shape index (κ1) is 12.6. The Morgan fingerprint density at radius 2 is 2.12 bits per heavy atom. The highest BCUT2D eigenvalue weighted by atomic mass is 32.2. The number of rotatable bonds is 4. The van der Waals surface area contributed by atoms with Gasteiger partial charge < -0.3 is 11.5 Å². The van der Waals surface area contributed by atoms with Crippen LogP contribution in [0.25, 0.3) is 0 Å². The van der Waals surface area contributed by atoms with Crippen LogP contribution >= 0.6 is 23.5 Å². The summed E-state index contributed by atoms with van der Waals surface area (Å²) >= 11 is 2.38. The molecule has 16 heavy (non-hydrogen) atoms. The lowest BCUT2D eigenvalue weighted by atomic mass is 10.4. The van der Waals surface area contributed by atoms with E-state index in [0.29, 0.717) is 15.6 Å². The van der Waals surface area contributed by atoms with Crippen molar-refractivity contribution in [2.24, 2.45) is 5.73 Å². The zero-order chi connectivity index (χ0) is 12.1. The number of aromatic nitrogens is 2. The summed E-state index contributed by atoms with van der Waals surface area (Å²) in [5.41, 5.74) is 10.8. The van der Waals surface area contributed by atoms with Crippen LogP contribution in [-0.2, 0) is 4.79 Å². The quantitative estimate of drug-likeness (QED) is 0.583. The monoisotopic (exact) mass is 255 g/mol. The van der Waals surface area contributed by atoms with Gasteiger partial charge in [0, 0.05) is 0 Å². The number of nitrogens with two attached hydrogens (primary N) is 2. The molecule has 0 aromatic carbocycles. The van der Waals surface area contributed by atoms with E-state index in [2.05, 4.69) is 9.97 Å². The molecule has 0 bridgehead atoms. The minimum Gasteiger partial charge on any atom is -0.369 e. The molecule has 1 heterocycles. The standard InChI is InChI=1S/C8H9N5OS2/c1-15-6-4(2-9)7(13-8(11)12-6)16-3-5(10)14/h3H2,1H3,(H2,10,14)(H2,11,12,13). The number of amides is 1. The molecule has 0 radical (unpaired) electrons. The molecule has 0 spiro atoms. The molecule has 1 aromatic heterocycles. The maximum Gasteiger partial charge on any atom is 0.227 e. The molecule has 0 aliphatic heterocycles. The van der Waals surface area contributed by atoms with Crippen LogP contribution in [-0.4, -0.2) is 27.9 Å². The topological polar surface area (TPSA) is 119 Å². The van der Waals surface area contributed by atoms with Crippen LogP contribution in [0.1, 0.15) is 5.56 Å². The fourth-order valence-electron chi connectivity index (χ4n) is 0.924. The van der Waals surface area contributed by atoms with E-state index in [0.717, 1.165) is 11.8 Å². The van der Waals surface area contributed by atoms with Crippen LogP contribution in [0.15, 0.2) is 10.1 Å². The second-order valence-electron chi connectivity index (χ2n) is 2.64. The third-order valence-electron chi connectivity index (χ3n) is 1.52. The molecule has 1 rings (SSSR count). The molecule has 0 unspecified atom stereocenters. The largest absolute Gasteiger partial charge is 0.369 e. The van der Waals surface area contributed by atoms with Crippen molar-refractivity contribution in [2.75, 3.05) is 17.7 Å². The molecule has 0 saturated carbocycles. The van der Waals surface area contributed by atoms with Gasteiger partial charge in [-0.1, -0.05) is 11.8 Å². The number of carbonyl (C=O) groups is 1. The van der Waals surface area contributed by atoms with Gasteiger partial charge in [0.15, 0.2) is 0 Å². The van der Waals surface area contributed by atoms with Crippen LogP contribution in [0.4, 0.5) is 5.95 Å². The zero-order valence-corrected chi connectivity index (χ0v) is 10.1. The molecule has 0 atom stereocenters. The van der Waals surface area contributed by atoms with E-state index in [1.165, 1.54) is 11.8 Å². The Bertz CT molecular complexity index is 456. The van der Waals surface area contributed by atoms with Crippen LogP contribution in [0.3, 0.4) is 0 Å². The summed E-state index contributed by atoms with van der Waals surface area (Å²) in [4.78, 5) is 18.5. The lowest BCUT2D eigenvalue weighted by molar-refractivity contribution is -0.115. The maximum atomic E-state index is 10.7. The van der Waals surface area contributed by atoms with Gasteiger partial charge in [-0.25, -0.2) is 9.97 Å². The average molecular weight is 255 g/mol. The third-order valence-corrected chi connectivity index (χ3v) is 3.20. The Hall–Kier alpha value is -1.46. The SMILES string of the molecule is CSc1nc(N)nc(SCC(N)=O)c1C#N. The molecule has 84 valence electrons. The lowest BCUT2D eigenvalue weighted by Crippen LogP contribution is -2.13. The van der Waals surface area contributed by atoms with Gasteiger partial charge >= 0.3 is 0 Å². The first-order valence-electron chi connectivity index (χ1n) is 4.11. The summed E-state index contributed by atoms with van der Waals surface area (Å²) in [5, 5.41) is 9.86. The number of hydrogen-bond acceptors (Lipinski definition) is 7. The van der Waals surface area contributed by atoms with Gasteiger partial charge in [0.05, 0.1) is 5.75 Å². The Labute approximate surface area is 101 Å². The predicted molar refractivity (Wildman–Crippen MR) is 62.9 cm³/mol. The number of primary amides is 1. The smallest absolute Gasteiger partial charge is 0.227 e. The zero-order valence-electron chi connectivity index (χ0n) is 8.43. The predicted octanol–water partition coefficient (Wildman–Crippen LogP) is 0.230. The van der Waals surface area contributed by atoms with E-state index >= 15 is 0 Å². The lowest BCUT2D eigenvalue weighted by Gasteiger charge is -2.05. The number of thioether (sulfide) groups is 2. The number of anilines is 1. The van der Waals surface area contributed by atoms with Gasteiger partial charge in [-0.05, 0) is 6.26 Å². The van der Waals surface area contributed by atoms with Crippen molar-refractivity contribution in [1.29, 1.82) is 5.26 Å². The number of hydrogen-bond donors (Lipinski definition) is 2. The van der Waals surface area contributed by atoms with E-state index in [1.54, 1.807) is 6.26 Å². The summed E-state index contributed by atoms with van der Waals surface area (Å²) in [7, 11) is 0. The highest BCUT2D eigenvalue weighted by molar-refractivity contribution is 8.00. The van der Waals surface area contributed by atoms with Crippen molar-refractivity contribution < 1.29 is 4.79 Å². The van der Waals surface area contributed by atoms with Crippen LogP contribution in [0.2, 0.25) is 0 Å². The van der Waals surface area contributed by atoms with Gasteiger partial charge in [-0.2, -0.15) is 5.26 Å². The summed E-state index contributed by atoms with van der Waals surface area (Å²) in [6.07, 6.45) is 1.78. The fourth-order valence-corrected chi connectivity index (χ4v) is 2.24. The van der Waals surface area contributed by atoms with Crippen molar-refractivity contribution in [3.8, 4) is 6.07 Å². The second-order valence-corrected chi connectivity index (χ2v) is 4.40. The highest BCUT2D eigenvalue weighted by Crippen LogP contribution is 2.27. The fraction of sp³-hybridized carbons (Fsp3) is 0.250. The normalized spacial score (nSPS) is 9.75. The summed E-state index contributed by atoms with van der Waals surface area (Å²) < 4.78 is 0. The molecule has 0 aliphatic carbocycles. The molecule has 0 fully saturated rings. The van der Waals surface area contributed by atoms with E-state index in [1.807, 2.05) is 6.07 Å². The molecular weight excluding hydrogens is 246 g/mol. The average Bonchev–Trinajstić information content (AvgIpc) is 2.25. The molecule has 0 aliphatic rings. The Kier molecular flexibility index (Phi) is 4.39. The number of carbonyl (C=O) groups excluding carboxylic acids is 1.